The van der Waals surface area contributed by atoms with Gasteiger partial charge in [-0.05, 0) is 47.2 Å². The van der Waals surface area contributed by atoms with Crippen LogP contribution in [0.1, 0.15) is 50.7 Å². The molecule has 2 atom stereocenters. The predicted octanol–water partition coefficient (Wildman–Crippen LogP) is 6.74. The third-order valence-electron chi connectivity index (χ3n) is 4.40. The molecule has 2 unspecified atom stereocenters. The number of Topliss-reactive ketones (excluding diaryl/α,β-unsaturated/α-hetero) is 1. The summed E-state index contributed by atoms with van der Waals surface area (Å²) in [4.78, 5) is 13.4. The maximum Gasteiger partial charge on any atom is 0.148 e. The van der Waals surface area contributed by atoms with Crippen molar-refractivity contribution in [3.63, 3.8) is 0 Å². The molecular formula is C21H24Cl2O. The summed E-state index contributed by atoms with van der Waals surface area (Å²) in [5, 5.41) is 1.37. The van der Waals surface area contributed by atoms with Crippen molar-refractivity contribution >= 4 is 29.0 Å². The molecule has 0 saturated carbocycles. The molecule has 3 heteroatoms. The van der Waals surface area contributed by atoms with Crippen LogP contribution in [0.15, 0.2) is 48.5 Å². The van der Waals surface area contributed by atoms with Crippen LogP contribution in [0.2, 0.25) is 10.0 Å². The van der Waals surface area contributed by atoms with E-state index in [1.54, 1.807) is 0 Å². The minimum Gasteiger partial charge on any atom is -0.298 e. The highest BCUT2D eigenvalue weighted by molar-refractivity contribution is 6.30. The molecular weight excluding hydrogens is 339 g/mol. The highest BCUT2D eigenvalue weighted by Gasteiger charge is 2.33. The maximum atomic E-state index is 13.4. The second kappa shape index (κ2) is 8.18. The lowest BCUT2D eigenvalue weighted by Crippen LogP contribution is -2.27. The molecule has 24 heavy (non-hydrogen) atoms. The standard InChI is InChI=1S/C21H24Cl2O/c1-13(2)19(15-5-9-17(22)10-6-15)21(24)20(14(3)4)16-7-11-18(23)12-8-16/h5-14,19-20H,1-4H3. The molecule has 0 radical (unpaired) electrons. The molecule has 0 aliphatic rings. The van der Waals surface area contributed by atoms with E-state index in [1.165, 1.54) is 0 Å². The van der Waals surface area contributed by atoms with Gasteiger partial charge in [0.25, 0.3) is 0 Å². The lowest BCUT2D eigenvalue weighted by Gasteiger charge is -2.28. The fourth-order valence-corrected chi connectivity index (χ4v) is 3.54. The molecule has 128 valence electrons. The summed E-state index contributed by atoms with van der Waals surface area (Å²) in [7, 11) is 0. The van der Waals surface area contributed by atoms with Crippen molar-refractivity contribution in [1.82, 2.24) is 0 Å². The van der Waals surface area contributed by atoms with Crippen LogP contribution < -0.4 is 0 Å². The molecule has 2 aromatic rings. The monoisotopic (exact) mass is 362 g/mol. The number of hydrogen-bond donors (Lipinski definition) is 0. The molecule has 0 heterocycles. The molecule has 0 amide bonds. The van der Waals surface area contributed by atoms with Crippen LogP contribution >= 0.6 is 23.2 Å². The second-order valence-electron chi connectivity index (χ2n) is 6.95. The fourth-order valence-electron chi connectivity index (χ4n) is 3.29. The van der Waals surface area contributed by atoms with Gasteiger partial charge >= 0.3 is 0 Å². The van der Waals surface area contributed by atoms with E-state index in [-0.39, 0.29) is 29.5 Å². The van der Waals surface area contributed by atoms with Crippen molar-refractivity contribution < 1.29 is 4.79 Å². The Labute approximate surface area is 155 Å². The molecule has 2 rings (SSSR count). The van der Waals surface area contributed by atoms with Gasteiger partial charge in [-0.3, -0.25) is 4.79 Å². The Balaban J connectivity index is 2.41. The first-order valence-electron chi connectivity index (χ1n) is 8.36. The number of carbonyl (C=O) groups excluding carboxylic acids is 1. The minimum atomic E-state index is -0.148. The van der Waals surface area contributed by atoms with Gasteiger partial charge in [0.1, 0.15) is 5.78 Å². The fraction of sp³-hybridized carbons (Fsp3) is 0.381. The van der Waals surface area contributed by atoms with Crippen molar-refractivity contribution in [3.05, 3.63) is 69.7 Å². The van der Waals surface area contributed by atoms with E-state index in [2.05, 4.69) is 27.7 Å². The molecule has 0 aliphatic carbocycles. The SMILES string of the molecule is CC(C)C(C(=O)C(c1ccc(Cl)cc1)C(C)C)c1ccc(Cl)cc1. The Morgan fingerprint density at radius 1 is 0.667 bits per heavy atom. The molecule has 2 aromatic carbocycles. The summed E-state index contributed by atoms with van der Waals surface area (Å²) in [6.07, 6.45) is 0. The van der Waals surface area contributed by atoms with Crippen molar-refractivity contribution in [1.29, 1.82) is 0 Å². The van der Waals surface area contributed by atoms with Crippen molar-refractivity contribution in [2.24, 2.45) is 11.8 Å². The summed E-state index contributed by atoms with van der Waals surface area (Å²) in [5.41, 5.74) is 2.05. The predicted molar refractivity (Wildman–Crippen MR) is 103 cm³/mol. The van der Waals surface area contributed by atoms with Gasteiger partial charge < -0.3 is 0 Å². The molecule has 0 spiro atoms. The molecule has 0 fully saturated rings. The molecule has 0 bridgehead atoms. The zero-order valence-corrected chi connectivity index (χ0v) is 16.1. The molecule has 1 nitrogen and oxygen atoms in total. The van der Waals surface area contributed by atoms with Gasteiger partial charge in [-0.1, -0.05) is 75.2 Å². The van der Waals surface area contributed by atoms with Crippen LogP contribution in [0.5, 0.6) is 0 Å². The van der Waals surface area contributed by atoms with Crippen molar-refractivity contribution in [2.75, 3.05) is 0 Å². The zero-order valence-electron chi connectivity index (χ0n) is 14.6. The summed E-state index contributed by atoms with van der Waals surface area (Å²) in [5.74, 6) is 0.389. The Kier molecular flexibility index (Phi) is 6.48. The van der Waals surface area contributed by atoms with E-state index in [0.717, 1.165) is 11.1 Å². The van der Waals surface area contributed by atoms with E-state index in [4.69, 9.17) is 23.2 Å². The number of rotatable bonds is 6. The number of hydrogen-bond acceptors (Lipinski definition) is 1. The molecule has 0 aromatic heterocycles. The van der Waals surface area contributed by atoms with Gasteiger partial charge in [0.05, 0.1) is 0 Å². The average Bonchev–Trinajstić information content (AvgIpc) is 2.51. The largest absolute Gasteiger partial charge is 0.298 e. The Hall–Kier alpha value is -1.31. The van der Waals surface area contributed by atoms with Crippen LogP contribution in [0.4, 0.5) is 0 Å². The van der Waals surface area contributed by atoms with E-state index in [0.29, 0.717) is 10.0 Å². The van der Waals surface area contributed by atoms with Crippen LogP contribution in [0.3, 0.4) is 0 Å². The van der Waals surface area contributed by atoms with Crippen LogP contribution in [-0.2, 0) is 4.79 Å². The quantitative estimate of drug-likeness (QED) is 0.555. The van der Waals surface area contributed by atoms with E-state index in [1.807, 2.05) is 48.5 Å². The van der Waals surface area contributed by atoms with Gasteiger partial charge in [0.15, 0.2) is 0 Å². The third kappa shape index (κ3) is 4.40. The normalized spacial score (nSPS) is 14.0. The highest BCUT2D eigenvalue weighted by atomic mass is 35.5. The molecule has 0 saturated heterocycles. The Morgan fingerprint density at radius 2 is 0.958 bits per heavy atom. The second-order valence-corrected chi connectivity index (χ2v) is 7.82. The lowest BCUT2D eigenvalue weighted by atomic mass is 9.74. The lowest BCUT2D eigenvalue weighted by molar-refractivity contribution is -0.123. The first-order valence-corrected chi connectivity index (χ1v) is 9.11. The highest BCUT2D eigenvalue weighted by Crippen LogP contribution is 2.36. The Morgan fingerprint density at radius 3 is 1.21 bits per heavy atom. The van der Waals surface area contributed by atoms with E-state index in [9.17, 15) is 4.79 Å². The van der Waals surface area contributed by atoms with E-state index < -0.39 is 0 Å². The van der Waals surface area contributed by atoms with Gasteiger partial charge in [-0.2, -0.15) is 0 Å². The minimum absolute atomic E-state index is 0.148. The third-order valence-corrected chi connectivity index (χ3v) is 4.91. The number of carbonyl (C=O) groups is 1. The topological polar surface area (TPSA) is 17.1 Å². The maximum absolute atomic E-state index is 13.4. The molecule has 0 aliphatic heterocycles. The van der Waals surface area contributed by atoms with Crippen LogP contribution in [0, 0.1) is 11.8 Å². The first-order chi connectivity index (χ1) is 11.3. The summed E-state index contributed by atoms with van der Waals surface area (Å²) < 4.78 is 0. The number of benzene rings is 2. The molecule has 0 N–H and O–H groups in total. The average molecular weight is 363 g/mol. The summed E-state index contributed by atoms with van der Waals surface area (Å²) >= 11 is 12.0. The van der Waals surface area contributed by atoms with Gasteiger partial charge in [0, 0.05) is 21.9 Å². The van der Waals surface area contributed by atoms with Gasteiger partial charge in [-0.25, -0.2) is 0 Å². The summed E-state index contributed by atoms with van der Waals surface area (Å²) in [6.45, 7) is 8.37. The smallest absolute Gasteiger partial charge is 0.148 e. The van der Waals surface area contributed by atoms with E-state index >= 15 is 0 Å². The van der Waals surface area contributed by atoms with Gasteiger partial charge in [0.2, 0.25) is 0 Å². The summed E-state index contributed by atoms with van der Waals surface area (Å²) in [6, 6.07) is 15.3. The Bertz CT molecular complexity index is 612. The zero-order chi connectivity index (χ0) is 17.9. The van der Waals surface area contributed by atoms with Crippen LogP contribution in [0.25, 0.3) is 0 Å². The first kappa shape index (κ1) is 19.0. The van der Waals surface area contributed by atoms with Crippen LogP contribution in [-0.4, -0.2) is 5.78 Å². The number of ketones is 1. The van der Waals surface area contributed by atoms with Crippen molar-refractivity contribution in [3.8, 4) is 0 Å². The van der Waals surface area contributed by atoms with Gasteiger partial charge in [-0.15, -0.1) is 0 Å². The van der Waals surface area contributed by atoms with Crippen molar-refractivity contribution in [2.45, 2.75) is 39.5 Å². The number of halogens is 2.